The molecule has 0 N–H and O–H groups in total. The van der Waals surface area contributed by atoms with Crippen LogP contribution in [0.25, 0.3) is 11.1 Å². The minimum Gasteiger partial charge on any atom is -0.340 e. The van der Waals surface area contributed by atoms with E-state index in [2.05, 4.69) is 86.1 Å². The number of piperidine rings is 1. The lowest BCUT2D eigenvalue weighted by atomic mass is 9.95. The predicted molar refractivity (Wildman–Crippen MR) is 136 cm³/mol. The zero-order valence-electron chi connectivity index (χ0n) is 19.2. The SMILES string of the molecule is O=C(C1CCCN(Cc2cccc(-c3ccsc3)c2)C1)N1CCN(Cc2ccccc2)CC1. The first kappa shape index (κ1) is 22.3. The van der Waals surface area contributed by atoms with Crippen LogP contribution in [0.5, 0.6) is 0 Å². The quantitative estimate of drug-likeness (QED) is 0.521. The highest BCUT2D eigenvalue weighted by Crippen LogP contribution is 2.25. The zero-order chi connectivity index (χ0) is 22.5. The van der Waals surface area contributed by atoms with Gasteiger partial charge in [-0.25, -0.2) is 0 Å². The van der Waals surface area contributed by atoms with E-state index in [1.807, 2.05) is 0 Å². The maximum atomic E-state index is 13.3. The number of benzene rings is 2. The molecule has 1 amide bonds. The van der Waals surface area contributed by atoms with Crippen molar-refractivity contribution in [3.05, 3.63) is 82.6 Å². The number of hydrogen-bond acceptors (Lipinski definition) is 4. The number of carbonyl (C=O) groups excluding carboxylic acids is 1. The van der Waals surface area contributed by atoms with E-state index in [-0.39, 0.29) is 5.92 Å². The minimum absolute atomic E-state index is 0.138. The summed E-state index contributed by atoms with van der Waals surface area (Å²) in [5.74, 6) is 0.505. The summed E-state index contributed by atoms with van der Waals surface area (Å²) in [4.78, 5) is 20.4. The van der Waals surface area contributed by atoms with Crippen LogP contribution in [-0.2, 0) is 17.9 Å². The third kappa shape index (κ3) is 5.72. The van der Waals surface area contributed by atoms with Crippen LogP contribution < -0.4 is 0 Å². The third-order valence-corrected chi connectivity index (χ3v) is 7.66. The summed E-state index contributed by atoms with van der Waals surface area (Å²) in [6.07, 6.45) is 2.13. The Hall–Kier alpha value is -2.47. The van der Waals surface area contributed by atoms with Crippen LogP contribution in [0.3, 0.4) is 0 Å². The Labute approximate surface area is 201 Å². The van der Waals surface area contributed by atoms with Crippen LogP contribution in [0, 0.1) is 5.92 Å². The van der Waals surface area contributed by atoms with Gasteiger partial charge in [0.1, 0.15) is 0 Å². The van der Waals surface area contributed by atoms with E-state index < -0.39 is 0 Å². The third-order valence-electron chi connectivity index (χ3n) is 6.98. The second-order valence-corrected chi connectivity index (χ2v) is 10.2. The van der Waals surface area contributed by atoms with Crippen molar-refractivity contribution < 1.29 is 4.79 Å². The van der Waals surface area contributed by atoms with Gasteiger partial charge in [0, 0.05) is 45.8 Å². The molecule has 1 atom stereocenters. The molecule has 0 bridgehead atoms. The summed E-state index contributed by atoms with van der Waals surface area (Å²) in [6, 6.07) is 21.7. The predicted octanol–water partition coefficient (Wildman–Crippen LogP) is 4.97. The van der Waals surface area contributed by atoms with Crippen molar-refractivity contribution in [2.45, 2.75) is 25.9 Å². The van der Waals surface area contributed by atoms with Crippen LogP contribution in [0.2, 0.25) is 0 Å². The highest BCUT2D eigenvalue weighted by molar-refractivity contribution is 7.08. The number of thiophene rings is 1. The molecule has 2 aliphatic rings. The summed E-state index contributed by atoms with van der Waals surface area (Å²) >= 11 is 1.74. The van der Waals surface area contributed by atoms with Crippen molar-refractivity contribution in [1.29, 1.82) is 0 Å². The summed E-state index contributed by atoms with van der Waals surface area (Å²) in [5, 5.41) is 4.33. The fraction of sp³-hybridized carbons (Fsp3) is 0.393. The topological polar surface area (TPSA) is 26.8 Å². The molecule has 3 heterocycles. The molecule has 1 unspecified atom stereocenters. The van der Waals surface area contributed by atoms with E-state index in [1.165, 1.54) is 22.3 Å². The van der Waals surface area contributed by atoms with Crippen molar-refractivity contribution in [2.75, 3.05) is 39.3 Å². The normalized spacial score (nSPS) is 20.1. The maximum absolute atomic E-state index is 13.3. The van der Waals surface area contributed by atoms with Gasteiger partial charge in [-0.1, -0.05) is 48.5 Å². The number of nitrogens with zero attached hydrogens (tertiary/aromatic N) is 3. The van der Waals surface area contributed by atoms with Gasteiger partial charge in [0.25, 0.3) is 0 Å². The summed E-state index contributed by atoms with van der Waals surface area (Å²) in [5.41, 5.74) is 5.26. The molecule has 2 aliphatic heterocycles. The van der Waals surface area contributed by atoms with Gasteiger partial charge in [0.15, 0.2) is 0 Å². The maximum Gasteiger partial charge on any atom is 0.227 e. The average molecular weight is 460 g/mol. The van der Waals surface area contributed by atoms with Crippen LogP contribution >= 0.6 is 11.3 Å². The first-order valence-electron chi connectivity index (χ1n) is 12.1. The number of rotatable bonds is 6. The molecule has 2 aromatic carbocycles. The monoisotopic (exact) mass is 459 g/mol. The fourth-order valence-corrected chi connectivity index (χ4v) is 5.83. The van der Waals surface area contributed by atoms with Crippen molar-refractivity contribution in [3.63, 3.8) is 0 Å². The molecule has 5 heteroatoms. The lowest BCUT2D eigenvalue weighted by molar-refractivity contribution is -0.139. The van der Waals surface area contributed by atoms with Crippen molar-refractivity contribution >= 4 is 17.2 Å². The summed E-state index contributed by atoms with van der Waals surface area (Å²) in [7, 11) is 0. The molecule has 2 fully saturated rings. The van der Waals surface area contributed by atoms with Crippen LogP contribution in [-0.4, -0.2) is 59.9 Å². The molecule has 0 aliphatic carbocycles. The molecule has 0 radical (unpaired) electrons. The van der Waals surface area contributed by atoms with Gasteiger partial charge in [-0.15, -0.1) is 0 Å². The molecule has 5 rings (SSSR count). The van der Waals surface area contributed by atoms with Crippen LogP contribution in [0.15, 0.2) is 71.4 Å². The molecule has 33 heavy (non-hydrogen) atoms. The zero-order valence-corrected chi connectivity index (χ0v) is 20.1. The molecule has 3 aromatic rings. The average Bonchev–Trinajstić information content (AvgIpc) is 3.40. The van der Waals surface area contributed by atoms with Crippen molar-refractivity contribution in [3.8, 4) is 11.1 Å². The van der Waals surface area contributed by atoms with Gasteiger partial charge in [-0.3, -0.25) is 14.6 Å². The number of carbonyl (C=O) groups is 1. The molecule has 172 valence electrons. The Morgan fingerprint density at radius 2 is 1.61 bits per heavy atom. The highest BCUT2D eigenvalue weighted by Gasteiger charge is 2.31. The molecular formula is C28H33N3OS. The summed E-state index contributed by atoms with van der Waals surface area (Å²) in [6.45, 7) is 7.49. The van der Waals surface area contributed by atoms with Gasteiger partial charge < -0.3 is 4.90 Å². The molecule has 0 spiro atoms. The largest absolute Gasteiger partial charge is 0.340 e. The Kier molecular flexibility index (Phi) is 7.20. The summed E-state index contributed by atoms with van der Waals surface area (Å²) < 4.78 is 0. The minimum atomic E-state index is 0.138. The molecule has 2 saturated heterocycles. The second kappa shape index (κ2) is 10.6. The molecular weight excluding hydrogens is 426 g/mol. The van der Waals surface area contributed by atoms with Gasteiger partial charge in [0.05, 0.1) is 5.92 Å². The molecule has 4 nitrogen and oxygen atoms in total. The van der Waals surface area contributed by atoms with E-state index >= 15 is 0 Å². The van der Waals surface area contributed by atoms with Crippen LogP contribution in [0.4, 0.5) is 0 Å². The Balaban J connectivity index is 1.13. The van der Waals surface area contributed by atoms with E-state index in [1.54, 1.807) is 11.3 Å². The molecule has 0 saturated carbocycles. The van der Waals surface area contributed by atoms with E-state index in [0.717, 1.165) is 65.2 Å². The standard InChI is InChI=1S/C28H33N3OS/c32-28(31-15-13-29(14-16-31)19-23-6-2-1-3-7-23)26-10-5-12-30(21-26)20-24-8-4-9-25(18-24)27-11-17-33-22-27/h1-4,6-9,11,17-18,22,26H,5,10,12-16,19-21H2. The van der Waals surface area contributed by atoms with Crippen LogP contribution in [0.1, 0.15) is 24.0 Å². The number of piperazine rings is 1. The lowest BCUT2D eigenvalue weighted by Gasteiger charge is -2.39. The van der Waals surface area contributed by atoms with Crippen molar-refractivity contribution in [1.82, 2.24) is 14.7 Å². The lowest BCUT2D eigenvalue weighted by Crippen LogP contribution is -2.52. The molecule has 1 aromatic heterocycles. The van der Waals surface area contributed by atoms with E-state index in [4.69, 9.17) is 0 Å². The van der Waals surface area contributed by atoms with E-state index in [9.17, 15) is 4.79 Å². The van der Waals surface area contributed by atoms with E-state index in [0.29, 0.717) is 5.91 Å². The fourth-order valence-electron chi connectivity index (χ4n) is 5.16. The number of likely N-dealkylation sites (tertiary alicyclic amines) is 1. The van der Waals surface area contributed by atoms with Gasteiger partial charge in [-0.2, -0.15) is 11.3 Å². The first-order chi connectivity index (χ1) is 16.2. The number of amides is 1. The first-order valence-corrected chi connectivity index (χ1v) is 13.1. The Morgan fingerprint density at radius 3 is 2.39 bits per heavy atom. The Morgan fingerprint density at radius 1 is 0.818 bits per heavy atom. The second-order valence-electron chi connectivity index (χ2n) is 9.37. The van der Waals surface area contributed by atoms with Gasteiger partial charge in [0.2, 0.25) is 5.91 Å². The Bertz CT molecular complexity index is 1030. The van der Waals surface area contributed by atoms with Crippen molar-refractivity contribution in [2.24, 2.45) is 5.92 Å². The van der Waals surface area contributed by atoms with Gasteiger partial charge in [-0.05, 0) is 64.5 Å². The van der Waals surface area contributed by atoms with Gasteiger partial charge >= 0.3 is 0 Å². The highest BCUT2D eigenvalue weighted by atomic mass is 32.1. The smallest absolute Gasteiger partial charge is 0.227 e. The number of hydrogen-bond donors (Lipinski definition) is 0.